The number of rotatable bonds is 2. The van der Waals surface area contributed by atoms with Gasteiger partial charge in [0.15, 0.2) is 5.13 Å². The molecule has 0 saturated carbocycles. The smallest absolute Gasteiger partial charge is 0.416 e. The number of thiazole rings is 1. The third-order valence-electron chi connectivity index (χ3n) is 2.08. The van der Waals surface area contributed by atoms with Crippen LogP contribution in [0.1, 0.15) is 41.5 Å². The highest BCUT2D eigenvalue weighted by Crippen LogP contribution is 2.24. The SMILES string of the molecule is CN(C(=O)OC(C)(C)C)c1nc(NC(=O)OC(C)(C)C)cs1. The number of ether oxygens (including phenoxy) is 2. The summed E-state index contributed by atoms with van der Waals surface area (Å²) in [5.41, 5.74) is -1.17. The minimum Gasteiger partial charge on any atom is -0.444 e. The van der Waals surface area contributed by atoms with Crippen LogP contribution in [0.5, 0.6) is 0 Å². The molecular formula is C14H23N3O4S. The Morgan fingerprint density at radius 1 is 1.14 bits per heavy atom. The van der Waals surface area contributed by atoms with Crippen LogP contribution in [0.25, 0.3) is 0 Å². The second-order valence-corrected chi connectivity index (χ2v) is 7.52. The second-order valence-electron chi connectivity index (χ2n) is 6.68. The predicted molar refractivity (Wildman–Crippen MR) is 86.6 cm³/mol. The van der Waals surface area contributed by atoms with Gasteiger partial charge in [-0.15, -0.1) is 11.3 Å². The van der Waals surface area contributed by atoms with E-state index in [9.17, 15) is 9.59 Å². The van der Waals surface area contributed by atoms with Crippen molar-refractivity contribution in [2.75, 3.05) is 17.3 Å². The number of carbonyl (C=O) groups is 2. The van der Waals surface area contributed by atoms with E-state index >= 15 is 0 Å². The zero-order valence-corrected chi connectivity index (χ0v) is 14.8. The Kier molecular flexibility index (Phi) is 5.39. The number of nitrogens with one attached hydrogen (secondary N) is 1. The molecule has 1 N–H and O–H groups in total. The highest BCUT2D eigenvalue weighted by molar-refractivity contribution is 7.14. The molecule has 124 valence electrons. The summed E-state index contributed by atoms with van der Waals surface area (Å²) in [5.74, 6) is 0.324. The number of aromatic nitrogens is 1. The van der Waals surface area contributed by atoms with Gasteiger partial charge in [-0.3, -0.25) is 10.2 Å². The Morgan fingerprint density at radius 3 is 2.18 bits per heavy atom. The van der Waals surface area contributed by atoms with Gasteiger partial charge < -0.3 is 9.47 Å². The Morgan fingerprint density at radius 2 is 1.68 bits per heavy atom. The molecule has 0 fully saturated rings. The number of hydrogen-bond acceptors (Lipinski definition) is 6. The van der Waals surface area contributed by atoms with Crippen LogP contribution in [0.3, 0.4) is 0 Å². The van der Waals surface area contributed by atoms with Crippen LogP contribution >= 0.6 is 11.3 Å². The average Bonchev–Trinajstić information content (AvgIpc) is 2.71. The fraction of sp³-hybridized carbons (Fsp3) is 0.643. The van der Waals surface area contributed by atoms with Crippen molar-refractivity contribution in [3.8, 4) is 0 Å². The zero-order chi connectivity index (χ0) is 17.1. The molecule has 2 amide bonds. The Bertz CT molecular complexity index is 543. The van der Waals surface area contributed by atoms with E-state index in [4.69, 9.17) is 9.47 Å². The summed E-state index contributed by atoms with van der Waals surface area (Å²) in [4.78, 5) is 29.0. The van der Waals surface area contributed by atoms with Crippen LogP contribution in [-0.4, -0.2) is 35.4 Å². The molecule has 0 bridgehead atoms. The van der Waals surface area contributed by atoms with Gasteiger partial charge in [0.2, 0.25) is 0 Å². The van der Waals surface area contributed by atoms with Gasteiger partial charge in [-0.25, -0.2) is 14.6 Å². The summed E-state index contributed by atoms with van der Waals surface area (Å²) in [7, 11) is 1.56. The molecule has 0 aliphatic carbocycles. The van der Waals surface area contributed by atoms with Crippen molar-refractivity contribution in [1.29, 1.82) is 0 Å². The first-order chi connectivity index (χ1) is 9.87. The van der Waals surface area contributed by atoms with Crippen molar-refractivity contribution < 1.29 is 19.1 Å². The minimum atomic E-state index is -0.593. The van der Waals surface area contributed by atoms with E-state index < -0.39 is 23.4 Å². The van der Waals surface area contributed by atoms with E-state index in [1.807, 2.05) is 0 Å². The summed E-state index contributed by atoms with van der Waals surface area (Å²) in [6.45, 7) is 10.7. The van der Waals surface area contributed by atoms with Gasteiger partial charge in [-0.2, -0.15) is 0 Å². The van der Waals surface area contributed by atoms with Gasteiger partial charge in [0.05, 0.1) is 0 Å². The highest BCUT2D eigenvalue weighted by atomic mass is 32.1. The van der Waals surface area contributed by atoms with Crippen LogP contribution in [0.4, 0.5) is 20.5 Å². The molecule has 22 heavy (non-hydrogen) atoms. The maximum Gasteiger partial charge on any atom is 0.416 e. The lowest BCUT2D eigenvalue weighted by molar-refractivity contribution is 0.0587. The molecule has 1 aromatic rings. The Labute approximate surface area is 134 Å². The topological polar surface area (TPSA) is 80.8 Å². The fourth-order valence-corrected chi connectivity index (χ4v) is 2.00. The highest BCUT2D eigenvalue weighted by Gasteiger charge is 2.23. The molecule has 1 aromatic heterocycles. The van der Waals surface area contributed by atoms with E-state index in [1.54, 1.807) is 54.0 Å². The normalized spacial score (nSPS) is 11.8. The summed E-state index contributed by atoms with van der Waals surface area (Å²) < 4.78 is 10.4. The maximum absolute atomic E-state index is 11.9. The van der Waals surface area contributed by atoms with Crippen molar-refractivity contribution in [2.45, 2.75) is 52.7 Å². The number of anilines is 2. The van der Waals surface area contributed by atoms with Gasteiger partial charge in [0.1, 0.15) is 17.0 Å². The molecule has 0 saturated heterocycles. The van der Waals surface area contributed by atoms with Gasteiger partial charge >= 0.3 is 12.2 Å². The number of amides is 2. The monoisotopic (exact) mass is 329 g/mol. The standard InChI is InChI=1S/C14H23N3O4S/c1-13(2,3)20-11(18)16-9-8-22-10(15-9)17(7)12(19)21-14(4,5)6/h8H,1-7H3,(H,16,18). The van der Waals surface area contributed by atoms with Crippen LogP contribution in [0.2, 0.25) is 0 Å². The van der Waals surface area contributed by atoms with Crippen molar-refractivity contribution in [1.82, 2.24) is 4.98 Å². The number of carbonyl (C=O) groups excluding carboxylic acids is 2. The lowest BCUT2D eigenvalue weighted by Gasteiger charge is -2.23. The minimum absolute atomic E-state index is 0.324. The molecule has 1 heterocycles. The van der Waals surface area contributed by atoms with Crippen molar-refractivity contribution in [3.05, 3.63) is 5.38 Å². The molecule has 0 unspecified atom stereocenters. The van der Waals surface area contributed by atoms with Crippen LogP contribution in [0.15, 0.2) is 5.38 Å². The van der Waals surface area contributed by atoms with Crippen LogP contribution in [-0.2, 0) is 9.47 Å². The summed E-state index contributed by atoms with van der Waals surface area (Å²) >= 11 is 1.22. The lowest BCUT2D eigenvalue weighted by atomic mass is 10.2. The first-order valence-electron chi connectivity index (χ1n) is 6.79. The van der Waals surface area contributed by atoms with Gasteiger partial charge in [0.25, 0.3) is 0 Å². The van der Waals surface area contributed by atoms with Gasteiger partial charge in [-0.1, -0.05) is 0 Å². The first kappa shape index (κ1) is 18.2. The van der Waals surface area contributed by atoms with E-state index in [1.165, 1.54) is 16.2 Å². The van der Waals surface area contributed by atoms with Gasteiger partial charge in [0, 0.05) is 12.4 Å². The number of nitrogens with zero attached hydrogens (tertiary/aromatic N) is 2. The molecule has 0 radical (unpaired) electrons. The third-order valence-corrected chi connectivity index (χ3v) is 2.99. The molecule has 0 aliphatic rings. The molecule has 8 heteroatoms. The first-order valence-corrected chi connectivity index (χ1v) is 7.67. The lowest BCUT2D eigenvalue weighted by Crippen LogP contribution is -2.34. The largest absolute Gasteiger partial charge is 0.444 e. The average molecular weight is 329 g/mol. The quantitative estimate of drug-likeness (QED) is 0.891. The van der Waals surface area contributed by atoms with Crippen LogP contribution < -0.4 is 10.2 Å². The molecule has 0 spiro atoms. The fourth-order valence-electron chi connectivity index (χ4n) is 1.29. The molecule has 0 aliphatic heterocycles. The van der Waals surface area contributed by atoms with E-state index in [0.717, 1.165) is 0 Å². The van der Waals surface area contributed by atoms with E-state index in [-0.39, 0.29) is 0 Å². The van der Waals surface area contributed by atoms with Gasteiger partial charge in [-0.05, 0) is 41.5 Å². The van der Waals surface area contributed by atoms with Crippen molar-refractivity contribution in [2.24, 2.45) is 0 Å². The number of hydrogen-bond donors (Lipinski definition) is 1. The summed E-state index contributed by atoms with van der Waals surface area (Å²) in [5, 5.41) is 4.56. The molecular weight excluding hydrogens is 306 g/mol. The molecule has 1 rings (SSSR count). The maximum atomic E-state index is 11.9. The van der Waals surface area contributed by atoms with E-state index in [0.29, 0.717) is 10.9 Å². The molecule has 7 nitrogen and oxygen atoms in total. The summed E-state index contributed by atoms with van der Waals surface area (Å²) in [6.07, 6.45) is -1.10. The zero-order valence-electron chi connectivity index (χ0n) is 14.0. The molecule has 0 aromatic carbocycles. The Hall–Kier alpha value is -1.83. The van der Waals surface area contributed by atoms with E-state index in [2.05, 4.69) is 10.3 Å². The Balaban J connectivity index is 2.68. The van der Waals surface area contributed by atoms with Crippen molar-refractivity contribution >= 4 is 34.5 Å². The molecule has 0 atom stereocenters. The third kappa shape index (κ3) is 6.30. The van der Waals surface area contributed by atoms with Crippen molar-refractivity contribution in [3.63, 3.8) is 0 Å². The van der Waals surface area contributed by atoms with Crippen LogP contribution in [0, 0.1) is 0 Å². The second kappa shape index (κ2) is 6.51. The predicted octanol–water partition coefficient (Wildman–Crippen LogP) is 3.86. The summed E-state index contributed by atoms with van der Waals surface area (Å²) in [6, 6.07) is 0.